The molecule has 1 rings (SSSR count). The van der Waals surface area contributed by atoms with Crippen LogP contribution in [0.4, 0.5) is 10.5 Å². The second kappa shape index (κ2) is 6.10. The summed E-state index contributed by atoms with van der Waals surface area (Å²) in [6.45, 7) is 6.82. The van der Waals surface area contributed by atoms with Crippen molar-refractivity contribution in [2.75, 3.05) is 5.73 Å². The molecule has 5 heteroatoms. The highest BCUT2D eigenvalue weighted by atomic mass is 16.6. The lowest BCUT2D eigenvalue weighted by atomic mass is 10.1. The van der Waals surface area contributed by atoms with Crippen molar-refractivity contribution in [1.82, 2.24) is 5.06 Å². The maximum Gasteiger partial charge on any atom is 0.431 e. The van der Waals surface area contributed by atoms with E-state index in [4.69, 9.17) is 16.0 Å². The quantitative estimate of drug-likeness (QED) is 0.369. The summed E-state index contributed by atoms with van der Waals surface area (Å²) in [7, 11) is 0. The normalized spacial score (nSPS) is 10.2. The lowest BCUT2D eigenvalue weighted by Crippen LogP contribution is -2.42. The van der Waals surface area contributed by atoms with Crippen molar-refractivity contribution < 1.29 is 15.1 Å². The first kappa shape index (κ1) is 15.2. The summed E-state index contributed by atoms with van der Waals surface area (Å²) in [5.41, 5.74) is 6.78. The molecule has 4 N–H and O–H groups in total. The Morgan fingerprint density at radius 2 is 1.88 bits per heavy atom. The monoisotopic (exact) mass is 240 g/mol. The molecule has 1 aromatic carbocycles. The van der Waals surface area contributed by atoms with Crippen LogP contribution in [-0.2, 0) is 0 Å². The molecule has 0 saturated heterocycles. The molecule has 0 radical (unpaired) electrons. The third kappa shape index (κ3) is 6.42. The van der Waals surface area contributed by atoms with Crippen LogP contribution in [0.2, 0.25) is 0 Å². The minimum Gasteiger partial charge on any atom is -0.463 e. The first-order chi connectivity index (χ1) is 7.64. The molecule has 0 saturated carbocycles. The number of nitrogens with zero attached hydrogens (tertiary/aromatic N) is 1. The molecule has 0 unspecified atom stereocenters. The Labute approximate surface area is 101 Å². The lowest BCUT2D eigenvalue weighted by molar-refractivity contribution is -0.123. The fraction of sp³-hybridized carbons (Fsp3) is 0.417. The Kier molecular flexibility index (Phi) is 5.47. The van der Waals surface area contributed by atoms with E-state index < -0.39 is 11.6 Å². The number of carbonyl (C=O) groups is 1. The third-order valence-electron chi connectivity index (χ3n) is 1.86. The molecule has 17 heavy (non-hydrogen) atoms. The van der Waals surface area contributed by atoms with Gasteiger partial charge in [-0.3, -0.25) is 5.21 Å². The smallest absolute Gasteiger partial charge is 0.431 e. The summed E-state index contributed by atoms with van der Waals surface area (Å²) in [5.74, 6) is 0. The molecule has 0 heterocycles. The van der Waals surface area contributed by atoms with Crippen LogP contribution in [0.3, 0.4) is 0 Å². The largest absolute Gasteiger partial charge is 0.463 e. The minimum absolute atomic E-state index is 0.271. The lowest BCUT2D eigenvalue weighted by Gasteiger charge is -2.25. The average Bonchev–Trinajstić information content (AvgIpc) is 2.15. The van der Waals surface area contributed by atoms with Crippen molar-refractivity contribution in [3.8, 4) is 0 Å². The molecule has 1 amide bonds. The number of amides is 1. The van der Waals surface area contributed by atoms with Gasteiger partial charge in [0.2, 0.25) is 0 Å². The van der Waals surface area contributed by atoms with Gasteiger partial charge < -0.3 is 10.8 Å². The van der Waals surface area contributed by atoms with Gasteiger partial charge in [-0.05, 0) is 45.4 Å². The van der Waals surface area contributed by atoms with Crippen molar-refractivity contribution in [1.29, 1.82) is 0 Å². The molecule has 0 aliphatic rings. The van der Waals surface area contributed by atoms with Crippen LogP contribution in [-0.4, -0.2) is 27.0 Å². The highest BCUT2D eigenvalue weighted by molar-refractivity contribution is 5.64. The summed E-state index contributed by atoms with van der Waals surface area (Å²) >= 11 is 0. The van der Waals surface area contributed by atoms with Gasteiger partial charge in [0, 0.05) is 5.69 Å². The zero-order valence-corrected chi connectivity index (χ0v) is 10.6. The van der Waals surface area contributed by atoms with Gasteiger partial charge in [-0.1, -0.05) is 12.1 Å². The Hall–Kier alpha value is -1.75. The van der Waals surface area contributed by atoms with E-state index in [-0.39, 0.29) is 5.06 Å². The van der Waals surface area contributed by atoms with Crippen LogP contribution in [0.1, 0.15) is 26.3 Å². The molecule has 96 valence electrons. The van der Waals surface area contributed by atoms with E-state index in [2.05, 4.69) is 0 Å². The average molecular weight is 240 g/mol. The van der Waals surface area contributed by atoms with E-state index >= 15 is 0 Å². The second-order valence-corrected chi connectivity index (χ2v) is 4.68. The Bertz CT molecular complexity index is 355. The Balaban J connectivity index is 0.000000302. The van der Waals surface area contributed by atoms with Crippen LogP contribution in [0.15, 0.2) is 24.3 Å². The van der Waals surface area contributed by atoms with Gasteiger partial charge in [-0.25, -0.2) is 4.79 Å². The molecule has 0 aliphatic heterocycles. The minimum atomic E-state index is -1.33. The van der Waals surface area contributed by atoms with Crippen molar-refractivity contribution in [3.05, 3.63) is 29.8 Å². The summed E-state index contributed by atoms with van der Waals surface area (Å²) in [4.78, 5) is 10.0. The molecule has 0 aromatic heterocycles. The van der Waals surface area contributed by atoms with Gasteiger partial charge in [0.05, 0.1) is 5.54 Å². The van der Waals surface area contributed by atoms with Crippen molar-refractivity contribution in [3.63, 3.8) is 0 Å². The SMILES string of the molecule is CC(C)(C)N(O)C(=O)O.Cc1cccc(N)c1. The maximum absolute atomic E-state index is 10.0. The van der Waals surface area contributed by atoms with E-state index in [0.29, 0.717) is 0 Å². The summed E-state index contributed by atoms with van der Waals surface area (Å²) in [6.07, 6.45) is -1.33. The highest BCUT2D eigenvalue weighted by Crippen LogP contribution is 2.08. The number of hydroxylamine groups is 2. The summed E-state index contributed by atoms with van der Waals surface area (Å²) in [6, 6.07) is 7.80. The first-order valence-corrected chi connectivity index (χ1v) is 5.18. The van der Waals surface area contributed by atoms with Crippen molar-refractivity contribution in [2.45, 2.75) is 33.2 Å². The second-order valence-electron chi connectivity index (χ2n) is 4.68. The fourth-order valence-electron chi connectivity index (χ4n) is 0.957. The van der Waals surface area contributed by atoms with Crippen LogP contribution in [0, 0.1) is 6.92 Å². The van der Waals surface area contributed by atoms with Gasteiger partial charge in [-0.15, -0.1) is 0 Å². The van der Waals surface area contributed by atoms with E-state index in [1.807, 2.05) is 31.2 Å². The predicted molar refractivity (Wildman–Crippen MR) is 67.0 cm³/mol. The fourth-order valence-corrected chi connectivity index (χ4v) is 0.957. The zero-order valence-electron chi connectivity index (χ0n) is 10.6. The third-order valence-corrected chi connectivity index (χ3v) is 1.86. The molecule has 0 spiro atoms. The number of aryl methyl sites for hydroxylation is 1. The van der Waals surface area contributed by atoms with Gasteiger partial charge in [0.15, 0.2) is 0 Å². The molecular formula is C12H20N2O3. The number of hydrogen-bond acceptors (Lipinski definition) is 3. The van der Waals surface area contributed by atoms with E-state index in [0.717, 1.165) is 5.69 Å². The van der Waals surface area contributed by atoms with E-state index in [9.17, 15) is 4.79 Å². The molecule has 5 nitrogen and oxygen atoms in total. The van der Waals surface area contributed by atoms with Gasteiger partial charge in [0.25, 0.3) is 0 Å². The van der Waals surface area contributed by atoms with Crippen LogP contribution >= 0.6 is 0 Å². The van der Waals surface area contributed by atoms with Gasteiger partial charge in [0.1, 0.15) is 0 Å². The van der Waals surface area contributed by atoms with Crippen molar-refractivity contribution >= 4 is 11.8 Å². The first-order valence-electron chi connectivity index (χ1n) is 5.18. The Morgan fingerprint density at radius 1 is 1.35 bits per heavy atom. The van der Waals surface area contributed by atoms with Gasteiger partial charge >= 0.3 is 6.09 Å². The molecule has 0 aliphatic carbocycles. The predicted octanol–water partition coefficient (Wildman–Crippen LogP) is 2.73. The molecule has 0 bridgehead atoms. The van der Waals surface area contributed by atoms with Crippen LogP contribution in [0.25, 0.3) is 0 Å². The van der Waals surface area contributed by atoms with E-state index in [1.165, 1.54) is 5.56 Å². The number of anilines is 1. The number of benzene rings is 1. The molecule has 1 aromatic rings. The summed E-state index contributed by atoms with van der Waals surface area (Å²) < 4.78 is 0. The van der Waals surface area contributed by atoms with Crippen molar-refractivity contribution in [2.24, 2.45) is 0 Å². The topological polar surface area (TPSA) is 86.8 Å². The number of nitrogen functional groups attached to an aromatic ring is 1. The summed E-state index contributed by atoms with van der Waals surface area (Å²) in [5, 5.41) is 17.2. The molecule has 0 atom stereocenters. The van der Waals surface area contributed by atoms with Crippen LogP contribution in [0.5, 0.6) is 0 Å². The standard InChI is InChI=1S/C7H9N.C5H11NO3/c1-6-3-2-4-7(8)5-6;1-5(2,3)6(9)4(7)8/h2-5H,8H2,1H3;9H,1-3H3,(H,7,8). The Morgan fingerprint density at radius 3 is 2.06 bits per heavy atom. The highest BCUT2D eigenvalue weighted by Gasteiger charge is 2.23. The number of rotatable bonds is 0. The zero-order chi connectivity index (χ0) is 13.6. The van der Waals surface area contributed by atoms with Gasteiger partial charge in [-0.2, -0.15) is 5.06 Å². The number of carboxylic acid groups (broad SMARTS) is 1. The number of nitrogens with two attached hydrogens (primary N) is 1. The maximum atomic E-state index is 10.0. The van der Waals surface area contributed by atoms with Crippen LogP contribution < -0.4 is 5.73 Å². The van der Waals surface area contributed by atoms with E-state index in [1.54, 1.807) is 20.8 Å². The molecular weight excluding hydrogens is 220 g/mol. The molecule has 0 fully saturated rings. The number of hydrogen-bond donors (Lipinski definition) is 3.